The normalized spacial score (nSPS) is 24.8. The van der Waals surface area contributed by atoms with Crippen LogP contribution >= 0.6 is 0 Å². The summed E-state index contributed by atoms with van der Waals surface area (Å²) in [6.07, 6.45) is 3.61. The monoisotopic (exact) mass is 273 g/mol. The van der Waals surface area contributed by atoms with E-state index in [4.69, 9.17) is 0 Å². The maximum atomic E-state index is 12.6. The lowest BCUT2D eigenvalue weighted by Gasteiger charge is -2.30. The Morgan fingerprint density at radius 1 is 1.35 bits per heavy atom. The molecule has 2 N–H and O–H groups in total. The molecular formula is C16H23N3O. The molecule has 20 heavy (non-hydrogen) atoms. The first-order valence-corrected chi connectivity index (χ1v) is 7.66. The molecule has 108 valence electrons. The number of carbonyl (C=O) groups is 1. The standard InChI is InChI=1S/C16H23N3O/c1-2-5-12-8-9-19(11-12)16(20)15-10-17-13-6-3-4-7-14(13)18-15/h3-4,6-7,12,15,17-18H,2,5,8-11H2,1H3. The molecule has 2 unspecified atom stereocenters. The van der Waals surface area contributed by atoms with Gasteiger partial charge < -0.3 is 15.5 Å². The van der Waals surface area contributed by atoms with Gasteiger partial charge in [0.05, 0.1) is 11.4 Å². The first-order valence-electron chi connectivity index (χ1n) is 7.66. The van der Waals surface area contributed by atoms with Gasteiger partial charge in [-0.2, -0.15) is 0 Å². The summed E-state index contributed by atoms with van der Waals surface area (Å²) in [5, 5.41) is 6.71. The predicted octanol–water partition coefficient (Wildman–Crippen LogP) is 2.54. The van der Waals surface area contributed by atoms with Crippen molar-refractivity contribution in [2.45, 2.75) is 32.2 Å². The quantitative estimate of drug-likeness (QED) is 0.889. The SMILES string of the molecule is CCCC1CCN(C(=O)C2CNc3ccccc3N2)C1. The number of hydrogen-bond donors (Lipinski definition) is 2. The molecule has 1 fully saturated rings. The summed E-state index contributed by atoms with van der Waals surface area (Å²) in [7, 11) is 0. The van der Waals surface area contributed by atoms with Crippen LogP contribution in [0.3, 0.4) is 0 Å². The zero-order valence-corrected chi connectivity index (χ0v) is 12.1. The van der Waals surface area contributed by atoms with Gasteiger partial charge in [0.15, 0.2) is 0 Å². The van der Waals surface area contributed by atoms with Gasteiger partial charge in [0, 0.05) is 19.6 Å². The van der Waals surface area contributed by atoms with E-state index in [1.807, 2.05) is 29.2 Å². The Bertz CT molecular complexity index is 488. The summed E-state index contributed by atoms with van der Waals surface area (Å²) < 4.78 is 0. The predicted molar refractivity (Wildman–Crippen MR) is 81.9 cm³/mol. The van der Waals surface area contributed by atoms with E-state index in [1.54, 1.807) is 0 Å². The van der Waals surface area contributed by atoms with Crippen molar-refractivity contribution in [2.24, 2.45) is 5.92 Å². The smallest absolute Gasteiger partial charge is 0.246 e. The van der Waals surface area contributed by atoms with Crippen molar-refractivity contribution in [3.05, 3.63) is 24.3 Å². The molecule has 0 spiro atoms. The van der Waals surface area contributed by atoms with Crippen LogP contribution in [-0.2, 0) is 4.79 Å². The van der Waals surface area contributed by atoms with Crippen LogP contribution < -0.4 is 10.6 Å². The van der Waals surface area contributed by atoms with Crippen LogP contribution in [-0.4, -0.2) is 36.5 Å². The fourth-order valence-corrected chi connectivity index (χ4v) is 3.26. The number of nitrogens with one attached hydrogen (secondary N) is 2. The number of carbonyl (C=O) groups excluding carboxylic acids is 1. The van der Waals surface area contributed by atoms with Crippen molar-refractivity contribution >= 4 is 17.3 Å². The second-order valence-corrected chi connectivity index (χ2v) is 5.85. The lowest BCUT2D eigenvalue weighted by Crippen LogP contribution is -2.47. The average molecular weight is 273 g/mol. The molecule has 0 bridgehead atoms. The van der Waals surface area contributed by atoms with Gasteiger partial charge in [-0.3, -0.25) is 4.79 Å². The summed E-state index contributed by atoms with van der Waals surface area (Å²) in [5.74, 6) is 0.943. The Morgan fingerprint density at radius 3 is 2.95 bits per heavy atom. The summed E-state index contributed by atoms with van der Waals surface area (Å²) >= 11 is 0. The molecular weight excluding hydrogens is 250 g/mol. The third-order valence-electron chi connectivity index (χ3n) is 4.35. The molecule has 4 heteroatoms. The van der Waals surface area contributed by atoms with Gasteiger partial charge in [-0.15, -0.1) is 0 Å². The molecule has 4 nitrogen and oxygen atoms in total. The van der Waals surface area contributed by atoms with E-state index in [-0.39, 0.29) is 11.9 Å². The Hall–Kier alpha value is -1.71. The molecule has 2 aliphatic rings. The van der Waals surface area contributed by atoms with Gasteiger partial charge in [-0.25, -0.2) is 0 Å². The van der Waals surface area contributed by atoms with E-state index in [2.05, 4.69) is 17.6 Å². The molecule has 1 aromatic rings. The first-order chi connectivity index (χ1) is 9.78. The van der Waals surface area contributed by atoms with E-state index in [0.29, 0.717) is 12.5 Å². The van der Waals surface area contributed by atoms with Gasteiger partial charge in [0.1, 0.15) is 6.04 Å². The molecule has 0 aliphatic carbocycles. The Kier molecular flexibility index (Phi) is 3.81. The lowest BCUT2D eigenvalue weighted by atomic mass is 10.0. The van der Waals surface area contributed by atoms with Crippen molar-refractivity contribution < 1.29 is 4.79 Å². The number of amides is 1. The highest BCUT2D eigenvalue weighted by Crippen LogP contribution is 2.27. The summed E-state index contributed by atoms with van der Waals surface area (Å²) in [6, 6.07) is 7.92. The van der Waals surface area contributed by atoms with E-state index in [1.165, 1.54) is 12.8 Å². The minimum atomic E-state index is -0.134. The number of rotatable bonds is 3. The summed E-state index contributed by atoms with van der Waals surface area (Å²) in [5.41, 5.74) is 2.11. The molecule has 0 radical (unpaired) electrons. The van der Waals surface area contributed by atoms with Crippen LogP contribution in [0.15, 0.2) is 24.3 Å². The van der Waals surface area contributed by atoms with Crippen LogP contribution in [0, 0.1) is 5.92 Å². The van der Waals surface area contributed by atoms with Gasteiger partial charge in [-0.05, 0) is 30.9 Å². The fourth-order valence-electron chi connectivity index (χ4n) is 3.26. The van der Waals surface area contributed by atoms with Crippen molar-refractivity contribution in [2.75, 3.05) is 30.3 Å². The highest BCUT2D eigenvalue weighted by Gasteiger charge is 2.32. The van der Waals surface area contributed by atoms with Crippen molar-refractivity contribution in [3.8, 4) is 0 Å². The summed E-state index contributed by atoms with van der Waals surface area (Å²) in [4.78, 5) is 14.6. The van der Waals surface area contributed by atoms with Gasteiger partial charge in [0.2, 0.25) is 5.91 Å². The second kappa shape index (κ2) is 5.73. The molecule has 1 saturated heterocycles. The van der Waals surface area contributed by atoms with E-state index >= 15 is 0 Å². The maximum Gasteiger partial charge on any atom is 0.246 e. The van der Waals surface area contributed by atoms with Crippen LogP contribution in [0.1, 0.15) is 26.2 Å². The molecule has 2 aliphatic heterocycles. The third kappa shape index (κ3) is 2.60. The topological polar surface area (TPSA) is 44.4 Å². The van der Waals surface area contributed by atoms with Crippen LogP contribution in [0.2, 0.25) is 0 Å². The molecule has 1 aromatic carbocycles. The molecule has 2 atom stereocenters. The van der Waals surface area contributed by atoms with Crippen LogP contribution in [0.25, 0.3) is 0 Å². The van der Waals surface area contributed by atoms with Gasteiger partial charge in [0.25, 0.3) is 0 Å². The van der Waals surface area contributed by atoms with Crippen molar-refractivity contribution in [1.82, 2.24) is 4.90 Å². The highest BCUT2D eigenvalue weighted by atomic mass is 16.2. The molecule has 0 aromatic heterocycles. The van der Waals surface area contributed by atoms with Crippen LogP contribution in [0.4, 0.5) is 11.4 Å². The van der Waals surface area contributed by atoms with Crippen LogP contribution in [0.5, 0.6) is 0 Å². The van der Waals surface area contributed by atoms with Gasteiger partial charge >= 0.3 is 0 Å². The second-order valence-electron chi connectivity index (χ2n) is 5.85. The minimum Gasteiger partial charge on any atom is -0.381 e. The van der Waals surface area contributed by atoms with E-state index in [0.717, 1.165) is 30.9 Å². The third-order valence-corrected chi connectivity index (χ3v) is 4.35. The number of fused-ring (bicyclic) bond motifs is 1. The summed E-state index contributed by atoms with van der Waals surface area (Å²) in [6.45, 7) is 4.74. The number of para-hydroxylation sites is 2. The zero-order valence-electron chi connectivity index (χ0n) is 12.1. The average Bonchev–Trinajstić information content (AvgIpc) is 2.95. The molecule has 1 amide bonds. The highest BCUT2D eigenvalue weighted by molar-refractivity contribution is 5.88. The largest absolute Gasteiger partial charge is 0.381 e. The number of nitrogens with zero attached hydrogens (tertiary/aromatic N) is 1. The molecule has 0 saturated carbocycles. The lowest BCUT2D eigenvalue weighted by molar-refractivity contribution is -0.130. The number of hydrogen-bond acceptors (Lipinski definition) is 3. The Labute approximate surface area is 120 Å². The van der Waals surface area contributed by atoms with Gasteiger partial charge in [-0.1, -0.05) is 25.5 Å². The van der Waals surface area contributed by atoms with Crippen molar-refractivity contribution in [3.63, 3.8) is 0 Å². The Morgan fingerprint density at radius 2 is 2.15 bits per heavy atom. The van der Waals surface area contributed by atoms with E-state index in [9.17, 15) is 4.79 Å². The fraction of sp³-hybridized carbons (Fsp3) is 0.562. The van der Waals surface area contributed by atoms with Crippen molar-refractivity contribution in [1.29, 1.82) is 0 Å². The maximum absolute atomic E-state index is 12.6. The number of anilines is 2. The zero-order chi connectivity index (χ0) is 13.9. The molecule has 2 heterocycles. The Balaban J connectivity index is 1.62. The van der Waals surface area contributed by atoms with E-state index < -0.39 is 0 Å². The molecule has 3 rings (SSSR count). The number of likely N-dealkylation sites (tertiary alicyclic amines) is 1. The number of benzene rings is 1. The first kappa shape index (κ1) is 13.3. The minimum absolute atomic E-state index is 0.134.